The van der Waals surface area contributed by atoms with Crippen LogP contribution in [0, 0.1) is 0 Å². The van der Waals surface area contributed by atoms with Gasteiger partial charge in [0.1, 0.15) is 5.75 Å². The highest BCUT2D eigenvalue weighted by Gasteiger charge is 2.41. The van der Waals surface area contributed by atoms with E-state index < -0.39 is 18.1 Å². The molecule has 0 fully saturated rings. The molecule has 1 aromatic heterocycles. The van der Waals surface area contributed by atoms with Crippen molar-refractivity contribution in [3.05, 3.63) is 59.9 Å². The molecule has 0 bridgehead atoms. The van der Waals surface area contributed by atoms with E-state index in [1.54, 1.807) is 12.1 Å². The third-order valence-electron chi connectivity index (χ3n) is 3.17. The summed E-state index contributed by atoms with van der Waals surface area (Å²) in [6.07, 6.45) is -1.80. The van der Waals surface area contributed by atoms with Crippen LogP contribution in [0.1, 0.15) is 17.2 Å². The highest BCUT2D eigenvalue weighted by molar-refractivity contribution is 5.79. The summed E-state index contributed by atoms with van der Waals surface area (Å²) in [4.78, 5) is 15.7. The number of nitrogens with one attached hydrogen (secondary N) is 1. The number of pyridine rings is 1. The quantitative estimate of drug-likeness (QED) is 0.920. The molecule has 4 nitrogen and oxygen atoms in total. The van der Waals surface area contributed by atoms with Crippen LogP contribution in [0.4, 0.5) is 13.2 Å². The van der Waals surface area contributed by atoms with Crippen LogP contribution < -0.4 is 10.1 Å². The smallest absolute Gasteiger partial charge is 0.412 e. The molecule has 0 saturated heterocycles. The predicted octanol–water partition coefficient (Wildman–Crippen LogP) is 3.05. The fourth-order valence-corrected chi connectivity index (χ4v) is 2.05. The van der Waals surface area contributed by atoms with Crippen molar-refractivity contribution in [1.29, 1.82) is 0 Å². The zero-order valence-corrected chi connectivity index (χ0v) is 12.3. The number of methoxy groups -OCH3 is 1. The van der Waals surface area contributed by atoms with Gasteiger partial charge in [0.15, 0.2) is 6.04 Å². The van der Waals surface area contributed by atoms with E-state index in [0.29, 0.717) is 11.3 Å². The second kappa shape index (κ2) is 7.13. The van der Waals surface area contributed by atoms with Crippen molar-refractivity contribution < 1.29 is 22.7 Å². The molecule has 122 valence electrons. The maximum absolute atomic E-state index is 13.2. The SMILES string of the molecule is COc1ccc([C@H](NC(=O)Cc2cccnc2)C(F)(F)F)cc1. The van der Waals surface area contributed by atoms with Gasteiger partial charge in [0, 0.05) is 12.4 Å². The maximum Gasteiger partial charge on any atom is 0.412 e. The Morgan fingerprint density at radius 3 is 2.48 bits per heavy atom. The van der Waals surface area contributed by atoms with Crippen LogP contribution in [0.25, 0.3) is 0 Å². The third kappa shape index (κ3) is 4.70. The first-order valence-corrected chi connectivity index (χ1v) is 6.79. The van der Waals surface area contributed by atoms with E-state index >= 15 is 0 Å². The van der Waals surface area contributed by atoms with Gasteiger partial charge in [-0.1, -0.05) is 18.2 Å². The Kier molecular flexibility index (Phi) is 5.20. The van der Waals surface area contributed by atoms with Gasteiger partial charge in [-0.15, -0.1) is 0 Å². The number of hydrogen-bond acceptors (Lipinski definition) is 3. The van der Waals surface area contributed by atoms with Gasteiger partial charge < -0.3 is 10.1 Å². The van der Waals surface area contributed by atoms with Gasteiger partial charge in [-0.3, -0.25) is 9.78 Å². The highest BCUT2D eigenvalue weighted by atomic mass is 19.4. The normalized spacial score (nSPS) is 12.5. The van der Waals surface area contributed by atoms with Crippen molar-refractivity contribution in [3.8, 4) is 5.75 Å². The molecule has 0 unspecified atom stereocenters. The first kappa shape index (κ1) is 16.8. The molecule has 0 aliphatic rings. The Morgan fingerprint density at radius 1 is 1.26 bits per heavy atom. The van der Waals surface area contributed by atoms with Crippen molar-refractivity contribution in [2.24, 2.45) is 0 Å². The van der Waals surface area contributed by atoms with E-state index in [4.69, 9.17) is 4.74 Å². The summed E-state index contributed by atoms with van der Waals surface area (Å²) in [7, 11) is 1.42. The van der Waals surface area contributed by atoms with Crippen LogP contribution in [0.2, 0.25) is 0 Å². The van der Waals surface area contributed by atoms with E-state index in [2.05, 4.69) is 4.98 Å². The average molecular weight is 324 g/mol. The summed E-state index contributed by atoms with van der Waals surface area (Å²) in [5, 5.41) is 2.03. The van der Waals surface area contributed by atoms with Gasteiger partial charge in [0.05, 0.1) is 13.5 Å². The van der Waals surface area contributed by atoms with Crippen LogP contribution in [-0.4, -0.2) is 24.2 Å². The molecule has 1 heterocycles. The number of carbonyl (C=O) groups excluding carboxylic acids is 1. The van der Waals surface area contributed by atoms with Crippen molar-refractivity contribution in [1.82, 2.24) is 10.3 Å². The largest absolute Gasteiger partial charge is 0.497 e. The standard InChI is InChI=1S/C16H15F3N2O2/c1-23-13-6-4-12(5-7-13)15(16(17,18)19)21-14(22)9-11-3-2-8-20-10-11/h2-8,10,15H,9H2,1H3,(H,21,22)/t15-/m0/s1. The Labute approximate surface area is 131 Å². The second-order valence-electron chi connectivity index (χ2n) is 4.85. The first-order valence-electron chi connectivity index (χ1n) is 6.79. The van der Waals surface area contributed by atoms with Crippen LogP contribution in [-0.2, 0) is 11.2 Å². The van der Waals surface area contributed by atoms with E-state index in [1.165, 1.54) is 43.8 Å². The fourth-order valence-electron chi connectivity index (χ4n) is 2.05. The topological polar surface area (TPSA) is 51.2 Å². The lowest BCUT2D eigenvalue weighted by atomic mass is 10.1. The van der Waals surface area contributed by atoms with Crippen LogP contribution in [0.3, 0.4) is 0 Å². The molecule has 0 aliphatic carbocycles. The molecule has 0 radical (unpaired) electrons. The van der Waals surface area contributed by atoms with Crippen molar-refractivity contribution in [3.63, 3.8) is 0 Å². The summed E-state index contributed by atoms with van der Waals surface area (Å²) in [6, 6.07) is 6.57. The zero-order chi connectivity index (χ0) is 16.9. The van der Waals surface area contributed by atoms with Crippen LogP contribution >= 0.6 is 0 Å². The molecule has 1 amide bonds. The number of nitrogens with zero attached hydrogens (tertiary/aromatic N) is 1. The number of hydrogen-bond donors (Lipinski definition) is 1. The minimum absolute atomic E-state index is 0.0576. The number of amides is 1. The van der Waals surface area contributed by atoms with Crippen LogP contribution in [0.5, 0.6) is 5.75 Å². The number of alkyl halides is 3. The molecular formula is C16H15F3N2O2. The minimum atomic E-state index is -4.60. The number of ether oxygens (including phenoxy) is 1. The zero-order valence-electron chi connectivity index (χ0n) is 12.3. The molecular weight excluding hydrogens is 309 g/mol. The van der Waals surface area contributed by atoms with Crippen LogP contribution in [0.15, 0.2) is 48.8 Å². The van der Waals surface area contributed by atoms with Gasteiger partial charge >= 0.3 is 6.18 Å². The van der Waals surface area contributed by atoms with E-state index in [0.717, 1.165) is 0 Å². The minimum Gasteiger partial charge on any atom is -0.497 e. The lowest BCUT2D eigenvalue weighted by Crippen LogP contribution is -2.38. The number of rotatable bonds is 5. The lowest BCUT2D eigenvalue weighted by Gasteiger charge is -2.22. The molecule has 0 saturated carbocycles. The van der Waals surface area contributed by atoms with E-state index in [1.807, 2.05) is 5.32 Å². The summed E-state index contributed by atoms with van der Waals surface area (Å²) in [5.74, 6) is -0.285. The average Bonchev–Trinajstić information content (AvgIpc) is 2.53. The number of aromatic nitrogens is 1. The van der Waals surface area contributed by atoms with Gasteiger partial charge in [0.25, 0.3) is 0 Å². The molecule has 23 heavy (non-hydrogen) atoms. The number of halogens is 3. The van der Waals surface area contributed by atoms with Gasteiger partial charge in [0.2, 0.25) is 5.91 Å². The second-order valence-corrected chi connectivity index (χ2v) is 4.85. The first-order chi connectivity index (χ1) is 10.9. The Balaban J connectivity index is 2.14. The predicted molar refractivity (Wildman–Crippen MR) is 77.9 cm³/mol. The summed E-state index contributed by atoms with van der Waals surface area (Å²) in [5.41, 5.74) is 0.485. The van der Waals surface area contributed by atoms with Crippen molar-refractivity contribution >= 4 is 5.91 Å². The molecule has 1 atom stereocenters. The Hall–Kier alpha value is -2.57. The van der Waals surface area contributed by atoms with Crippen molar-refractivity contribution in [2.75, 3.05) is 7.11 Å². The number of benzene rings is 1. The Bertz CT molecular complexity index is 643. The maximum atomic E-state index is 13.2. The molecule has 0 aliphatic heterocycles. The number of carbonyl (C=O) groups is 1. The van der Waals surface area contributed by atoms with E-state index in [9.17, 15) is 18.0 Å². The van der Waals surface area contributed by atoms with Gasteiger partial charge in [-0.2, -0.15) is 13.2 Å². The fraction of sp³-hybridized carbons (Fsp3) is 0.250. The summed E-state index contributed by atoms with van der Waals surface area (Å²) in [6.45, 7) is 0. The molecule has 1 N–H and O–H groups in total. The lowest BCUT2D eigenvalue weighted by molar-refractivity contribution is -0.163. The van der Waals surface area contributed by atoms with Gasteiger partial charge in [-0.05, 0) is 29.3 Å². The monoisotopic (exact) mass is 324 g/mol. The summed E-state index contributed by atoms with van der Waals surface area (Å²) < 4.78 is 44.6. The van der Waals surface area contributed by atoms with E-state index in [-0.39, 0.29) is 12.0 Å². The molecule has 1 aromatic carbocycles. The third-order valence-corrected chi connectivity index (χ3v) is 3.17. The molecule has 7 heteroatoms. The summed E-state index contributed by atoms with van der Waals surface area (Å²) >= 11 is 0. The van der Waals surface area contributed by atoms with Crippen molar-refractivity contribution in [2.45, 2.75) is 18.6 Å². The van der Waals surface area contributed by atoms with Gasteiger partial charge in [-0.25, -0.2) is 0 Å². The molecule has 0 spiro atoms. The molecule has 2 aromatic rings. The highest BCUT2D eigenvalue weighted by Crippen LogP contribution is 2.33. The Morgan fingerprint density at radius 2 is 1.96 bits per heavy atom. The molecule has 2 rings (SSSR count).